The first-order valence-corrected chi connectivity index (χ1v) is 9.58. The third kappa shape index (κ3) is 5.66. The Morgan fingerprint density at radius 1 is 1.04 bits per heavy atom. The molecule has 1 saturated carbocycles. The summed E-state index contributed by atoms with van der Waals surface area (Å²) in [5.41, 5.74) is 0. The molecule has 1 aliphatic carbocycles. The van der Waals surface area contributed by atoms with E-state index in [2.05, 4.69) is 4.90 Å². The molecule has 2 aliphatic rings. The molecule has 6 nitrogen and oxygen atoms in total. The van der Waals surface area contributed by atoms with Crippen LogP contribution in [0.3, 0.4) is 0 Å². The minimum Gasteiger partial charge on any atom is -0.493 e. The van der Waals surface area contributed by atoms with Crippen molar-refractivity contribution in [3.05, 3.63) is 18.2 Å². The lowest BCUT2D eigenvalue weighted by Crippen LogP contribution is -2.51. The van der Waals surface area contributed by atoms with Crippen molar-refractivity contribution in [2.75, 3.05) is 47.0 Å². The monoisotopic (exact) mass is 398 g/mol. The molecule has 27 heavy (non-hydrogen) atoms. The predicted octanol–water partition coefficient (Wildman–Crippen LogP) is 2.98. The number of carbonyl (C=O) groups is 1. The number of nitrogens with zero attached hydrogens (tertiary/aromatic N) is 2. The Kier molecular flexibility index (Phi) is 8.51. The van der Waals surface area contributed by atoms with Gasteiger partial charge in [0, 0.05) is 38.3 Å². The quantitative estimate of drug-likeness (QED) is 0.706. The number of rotatable bonds is 7. The Balaban J connectivity index is 0.00000261. The van der Waals surface area contributed by atoms with Crippen LogP contribution in [0.4, 0.5) is 0 Å². The first-order valence-electron chi connectivity index (χ1n) is 9.58. The lowest BCUT2D eigenvalue weighted by molar-refractivity contribution is -0.133. The third-order valence-corrected chi connectivity index (χ3v) is 5.45. The highest BCUT2D eigenvalue weighted by Gasteiger charge is 2.27. The van der Waals surface area contributed by atoms with Gasteiger partial charge in [0.25, 0.3) is 0 Å². The molecule has 3 rings (SSSR count). The minimum atomic E-state index is 0. The standard InChI is InChI=1S/C20H30N2O4.ClH/c1-24-18-8-7-17(15-19(18)25-2)26-14-9-20(23)22-12-10-21(11-13-22)16-5-3-4-6-16;/h7-8,15-16H,3-6,9-14H2,1-2H3;1H. The second kappa shape index (κ2) is 10.6. The van der Waals surface area contributed by atoms with E-state index in [1.807, 2.05) is 11.0 Å². The number of ether oxygens (including phenoxy) is 3. The van der Waals surface area contributed by atoms with Gasteiger partial charge in [0.15, 0.2) is 11.5 Å². The normalized spacial score (nSPS) is 18.1. The number of amides is 1. The molecule has 1 aromatic rings. The van der Waals surface area contributed by atoms with Crippen LogP contribution >= 0.6 is 12.4 Å². The molecule has 1 saturated heterocycles. The molecule has 1 amide bonds. The summed E-state index contributed by atoms with van der Waals surface area (Å²) in [6.07, 6.45) is 5.77. The number of methoxy groups -OCH3 is 2. The Hall–Kier alpha value is -1.66. The molecule has 0 atom stereocenters. The summed E-state index contributed by atoms with van der Waals surface area (Å²) >= 11 is 0. The van der Waals surface area contributed by atoms with Gasteiger partial charge in [0.1, 0.15) is 5.75 Å². The maximum atomic E-state index is 12.4. The van der Waals surface area contributed by atoms with E-state index in [-0.39, 0.29) is 18.3 Å². The topological polar surface area (TPSA) is 51.2 Å². The predicted molar refractivity (Wildman–Crippen MR) is 107 cm³/mol. The fourth-order valence-electron chi connectivity index (χ4n) is 3.93. The van der Waals surface area contributed by atoms with Crippen molar-refractivity contribution >= 4 is 18.3 Å². The van der Waals surface area contributed by atoms with Crippen LogP contribution < -0.4 is 14.2 Å². The van der Waals surface area contributed by atoms with Crippen molar-refractivity contribution in [3.8, 4) is 17.2 Å². The lowest BCUT2D eigenvalue weighted by atomic mass is 10.2. The Morgan fingerprint density at radius 3 is 2.33 bits per heavy atom. The zero-order valence-corrected chi connectivity index (χ0v) is 17.1. The molecular formula is C20H31ClN2O4. The Morgan fingerprint density at radius 2 is 1.70 bits per heavy atom. The van der Waals surface area contributed by atoms with Crippen molar-refractivity contribution in [3.63, 3.8) is 0 Å². The average Bonchev–Trinajstić information content (AvgIpc) is 3.22. The molecule has 0 aromatic heterocycles. The number of piperazine rings is 1. The molecule has 0 unspecified atom stereocenters. The van der Waals surface area contributed by atoms with Crippen molar-refractivity contribution in [1.82, 2.24) is 9.80 Å². The fraction of sp³-hybridized carbons (Fsp3) is 0.650. The summed E-state index contributed by atoms with van der Waals surface area (Å²) in [6, 6.07) is 6.16. The van der Waals surface area contributed by atoms with Crippen molar-refractivity contribution in [2.45, 2.75) is 38.1 Å². The van der Waals surface area contributed by atoms with Gasteiger partial charge < -0.3 is 19.1 Å². The maximum absolute atomic E-state index is 12.4. The summed E-state index contributed by atoms with van der Waals surface area (Å²) in [7, 11) is 3.19. The molecular weight excluding hydrogens is 368 g/mol. The second-order valence-electron chi connectivity index (χ2n) is 6.97. The van der Waals surface area contributed by atoms with Crippen LogP contribution in [0.25, 0.3) is 0 Å². The van der Waals surface area contributed by atoms with E-state index in [9.17, 15) is 4.79 Å². The first-order chi connectivity index (χ1) is 12.7. The zero-order chi connectivity index (χ0) is 18.4. The molecule has 0 spiro atoms. The van der Waals surface area contributed by atoms with Crippen LogP contribution in [0.15, 0.2) is 18.2 Å². The lowest BCUT2D eigenvalue weighted by Gasteiger charge is -2.38. The van der Waals surface area contributed by atoms with E-state index >= 15 is 0 Å². The molecule has 2 fully saturated rings. The van der Waals surface area contributed by atoms with E-state index in [1.54, 1.807) is 26.4 Å². The number of hydrogen-bond donors (Lipinski definition) is 0. The van der Waals surface area contributed by atoms with Crippen molar-refractivity contribution in [1.29, 1.82) is 0 Å². The van der Waals surface area contributed by atoms with Gasteiger partial charge in [-0.05, 0) is 25.0 Å². The fourth-order valence-corrected chi connectivity index (χ4v) is 3.93. The van der Waals surface area contributed by atoms with Gasteiger partial charge in [-0.25, -0.2) is 0 Å². The van der Waals surface area contributed by atoms with Crippen molar-refractivity contribution < 1.29 is 19.0 Å². The van der Waals surface area contributed by atoms with Gasteiger partial charge in [0.05, 0.1) is 27.2 Å². The number of hydrogen-bond acceptors (Lipinski definition) is 5. The molecule has 0 N–H and O–H groups in total. The van der Waals surface area contributed by atoms with Crippen LogP contribution in [-0.4, -0.2) is 68.8 Å². The molecule has 1 aliphatic heterocycles. The molecule has 0 bridgehead atoms. The van der Waals surface area contributed by atoms with Gasteiger partial charge >= 0.3 is 0 Å². The summed E-state index contributed by atoms with van der Waals surface area (Å²) in [4.78, 5) is 17.0. The van der Waals surface area contributed by atoms with Crippen LogP contribution in [0.2, 0.25) is 0 Å². The SMILES string of the molecule is COc1ccc(OCCC(=O)N2CCN(C3CCCC3)CC2)cc1OC.Cl. The van der Waals surface area contributed by atoms with Gasteiger partial charge in [-0.3, -0.25) is 9.69 Å². The highest BCUT2D eigenvalue weighted by molar-refractivity contribution is 5.85. The van der Waals surface area contributed by atoms with Gasteiger partial charge in [-0.15, -0.1) is 12.4 Å². The van der Waals surface area contributed by atoms with E-state index in [4.69, 9.17) is 14.2 Å². The first kappa shape index (κ1) is 21.6. The number of benzene rings is 1. The van der Waals surface area contributed by atoms with Gasteiger partial charge in [-0.2, -0.15) is 0 Å². The van der Waals surface area contributed by atoms with E-state index < -0.39 is 0 Å². The van der Waals surface area contributed by atoms with Crippen LogP contribution in [-0.2, 0) is 4.79 Å². The largest absolute Gasteiger partial charge is 0.493 e. The average molecular weight is 399 g/mol. The van der Waals surface area contributed by atoms with Crippen LogP contribution in [0.5, 0.6) is 17.2 Å². The summed E-state index contributed by atoms with van der Waals surface area (Å²) < 4.78 is 16.2. The van der Waals surface area contributed by atoms with Gasteiger partial charge in [0.2, 0.25) is 5.91 Å². The van der Waals surface area contributed by atoms with Crippen molar-refractivity contribution in [2.24, 2.45) is 0 Å². The Bertz CT molecular complexity index is 600. The molecule has 1 heterocycles. The minimum absolute atomic E-state index is 0. The van der Waals surface area contributed by atoms with E-state index in [0.29, 0.717) is 30.3 Å². The summed E-state index contributed by atoms with van der Waals surface area (Å²) in [6.45, 7) is 4.06. The second-order valence-corrected chi connectivity index (χ2v) is 6.97. The smallest absolute Gasteiger partial charge is 0.226 e. The molecule has 7 heteroatoms. The van der Waals surface area contributed by atoms with Crippen LogP contribution in [0, 0.1) is 0 Å². The van der Waals surface area contributed by atoms with E-state index in [1.165, 1.54) is 25.7 Å². The highest BCUT2D eigenvalue weighted by atomic mass is 35.5. The highest BCUT2D eigenvalue weighted by Crippen LogP contribution is 2.31. The Labute approximate surface area is 168 Å². The number of halogens is 1. The van der Waals surface area contributed by atoms with Crippen LogP contribution in [0.1, 0.15) is 32.1 Å². The number of carbonyl (C=O) groups excluding carboxylic acids is 1. The third-order valence-electron chi connectivity index (χ3n) is 5.45. The molecule has 152 valence electrons. The molecule has 0 radical (unpaired) electrons. The zero-order valence-electron chi connectivity index (χ0n) is 16.3. The summed E-state index contributed by atoms with van der Waals surface area (Å²) in [5.74, 6) is 2.15. The molecule has 1 aromatic carbocycles. The summed E-state index contributed by atoms with van der Waals surface area (Å²) in [5, 5.41) is 0. The maximum Gasteiger partial charge on any atom is 0.226 e. The van der Waals surface area contributed by atoms with E-state index in [0.717, 1.165) is 32.2 Å². The van der Waals surface area contributed by atoms with Gasteiger partial charge in [-0.1, -0.05) is 12.8 Å².